The van der Waals surface area contributed by atoms with Crippen molar-refractivity contribution in [3.05, 3.63) is 58.7 Å². The summed E-state index contributed by atoms with van der Waals surface area (Å²) in [5.74, 6) is 0.0354. The van der Waals surface area contributed by atoms with Crippen LogP contribution in [-0.4, -0.2) is 12.5 Å². The Balaban J connectivity index is 2.04. The zero-order valence-electron chi connectivity index (χ0n) is 12.5. The number of nitrogen functional groups attached to an aromatic ring is 1. The number of hydrogen-bond acceptors (Lipinski definition) is 2. The molecule has 0 spiro atoms. The number of anilines is 2. The number of hydrogen-bond donors (Lipinski definition) is 1. The molecule has 3 heteroatoms. The van der Waals surface area contributed by atoms with Crippen LogP contribution < -0.4 is 10.6 Å². The monoisotopic (exact) mass is 280 g/mol. The summed E-state index contributed by atoms with van der Waals surface area (Å²) in [5.41, 5.74) is 11.9. The molecule has 1 heterocycles. The third-order valence-electron chi connectivity index (χ3n) is 4.07. The lowest BCUT2D eigenvalue weighted by atomic mass is 9.94. The highest BCUT2D eigenvalue weighted by Crippen LogP contribution is 2.32. The largest absolute Gasteiger partial charge is 0.399 e. The predicted octanol–water partition coefficient (Wildman–Crippen LogP) is 3.48. The van der Waals surface area contributed by atoms with Crippen LogP contribution in [0.5, 0.6) is 0 Å². The molecule has 3 rings (SSSR count). The number of nitrogens with two attached hydrogens (primary N) is 1. The van der Waals surface area contributed by atoms with Gasteiger partial charge in [0.15, 0.2) is 0 Å². The van der Waals surface area contributed by atoms with E-state index in [1.807, 2.05) is 17.0 Å². The lowest BCUT2D eigenvalue weighted by Gasteiger charge is -2.31. The van der Waals surface area contributed by atoms with Crippen molar-refractivity contribution in [3.8, 4) is 0 Å². The molecule has 2 aromatic rings. The van der Waals surface area contributed by atoms with Gasteiger partial charge in [0.2, 0.25) is 0 Å². The van der Waals surface area contributed by atoms with E-state index in [1.54, 1.807) is 12.1 Å². The van der Waals surface area contributed by atoms with E-state index in [1.165, 1.54) is 16.7 Å². The van der Waals surface area contributed by atoms with Crippen LogP contribution in [-0.2, 0) is 6.42 Å². The van der Waals surface area contributed by atoms with Crippen molar-refractivity contribution in [2.24, 2.45) is 0 Å². The first-order valence-electron chi connectivity index (χ1n) is 7.34. The Morgan fingerprint density at radius 1 is 1.19 bits per heavy atom. The summed E-state index contributed by atoms with van der Waals surface area (Å²) < 4.78 is 0. The van der Waals surface area contributed by atoms with Gasteiger partial charge in [-0.1, -0.05) is 12.1 Å². The highest BCUT2D eigenvalue weighted by Gasteiger charge is 2.24. The van der Waals surface area contributed by atoms with Crippen LogP contribution in [0, 0.1) is 13.8 Å². The summed E-state index contributed by atoms with van der Waals surface area (Å²) in [5, 5.41) is 0. The highest BCUT2D eigenvalue weighted by atomic mass is 16.2. The molecule has 1 aliphatic heterocycles. The quantitative estimate of drug-likeness (QED) is 0.813. The first kappa shape index (κ1) is 13.7. The number of benzene rings is 2. The molecule has 0 saturated heterocycles. The summed E-state index contributed by atoms with van der Waals surface area (Å²) in [7, 11) is 0. The van der Waals surface area contributed by atoms with Crippen LogP contribution in [0.4, 0.5) is 11.4 Å². The molecular formula is C18H20N2O. The summed E-state index contributed by atoms with van der Waals surface area (Å²) in [6, 6.07) is 11.5. The summed E-state index contributed by atoms with van der Waals surface area (Å²) in [4.78, 5) is 14.7. The maximum atomic E-state index is 12.8. The zero-order valence-corrected chi connectivity index (χ0v) is 12.5. The molecule has 1 amide bonds. The van der Waals surface area contributed by atoms with Gasteiger partial charge in [-0.2, -0.15) is 0 Å². The molecule has 2 N–H and O–H groups in total. The Morgan fingerprint density at radius 3 is 2.76 bits per heavy atom. The van der Waals surface area contributed by atoms with Gasteiger partial charge >= 0.3 is 0 Å². The van der Waals surface area contributed by atoms with Crippen molar-refractivity contribution < 1.29 is 4.79 Å². The number of nitrogens with zero attached hydrogens (tertiary/aromatic N) is 1. The SMILES string of the molecule is Cc1cc(C)c2c(c1)N(C(=O)c1cccc(N)c1)CCC2. The van der Waals surface area contributed by atoms with Gasteiger partial charge in [0.05, 0.1) is 0 Å². The topological polar surface area (TPSA) is 46.3 Å². The molecule has 0 aliphatic carbocycles. The second-order valence-electron chi connectivity index (χ2n) is 5.77. The zero-order chi connectivity index (χ0) is 15.0. The first-order valence-corrected chi connectivity index (χ1v) is 7.34. The fourth-order valence-electron chi connectivity index (χ4n) is 3.11. The van der Waals surface area contributed by atoms with E-state index < -0.39 is 0 Å². The molecule has 0 aromatic heterocycles. The van der Waals surface area contributed by atoms with E-state index in [0.717, 1.165) is 25.1 Å². The number of aryl methyl sites for hydroxylation is 2. The molecule has 0 radical (unpaired) electrons. The fraction of sp³-hybridized carbons (Fsp3) is 0.278. The van der Waals surface area contributed by atoms with Gasteiger partial charge in [-0.05, 0) is 67.6 Å². The van der Waals surface area contributed by atoms with Crippen LogP contribution in [0.15, 0.2) is 36.4 Å². The van der Waals surface area contributed by atoms with Crippen molar-refractivity contribution in [1.29, 1.82) is 0 Å². The van der Waals surface area contributed by atoms with Crippen molar-refractivity contribution in [3.63, 3.8) is 0 Å². The number of carbonyl (C=O) groups is 1. The molecule has 0 unspecified atom stereocenters. The van der Waals surface area contributed by atoms with Gasteiger partial charge in [-0.3, -0.25) is 4.79 Å². The van der Waals surface area contributed by atoms with Gasteiger partial charge in [-0.15, -0.1) is 0 Å². The summed E-state index contributed by atoms with van der Waals surface area (Å²) >= 11 is 0. The molecule has 0 fully saturated rings. The van der Waals surface area contributed by atoms with Crippen molar-refractivity contribution in [1.82, 2.24) is 0 Å². The van der Waals surface area contributed by atoms with Crippen molar-refractivity contribution in [2.75, 3.05) is 17.2 Å². The smallest absolute Gasteiger partial charge is 0.258 e. The molecular weight excluding hydrogens is 260 g/mol. The number of amides is 1. The van der Waals surface area contributed by atoms with Crippen molar-refractivity contribution >= 4 is 17.3 Å². The number of carbonyl (C=O) groups excluding carboxylic acids is 1. The maximum Gasteiger partial charge on any atom is 0.258 e. The third-order valence-corrected chi connectivity index (χ3v) is 4.07. The van der Waals surface area contributed by atoms with Crippen LogP contribution in [0.1, 0.15) is 33.5 Å². The van der Waals surface area contributed by atoms with Crippen LogP contribution in [0.2, 0.25) is 0 Å². The van der Waals surface area contributed by atoms with Gasteiger partial charge in [-0.25, -0.2) is 0 Å². The highest BCUT2D eigenvalue weighted by molar-refractivity contribution is 6.07. The van der Waals surface area contributed by atoms with E-state index in [0.29, 0.717) is 11.3 Å². The fourth-order valence-corrected chi connectivity index (χ4v) is 3.11. The normalized spacial score (nSPS) is 13.9. The molecule has 1 aliphatic rings. The van der Waals surface area contributed by atoms with Gasteiger partial charge in [0.1, 0.15) is 0 Å². The maximum absolute atomic E-state index is 12.8. The van der Waals surface area contributed by atoms with Crippen LogP contribution in [0.25, 0.3) is 0 Å². The molecule has 21 heavy (non-hydrogen) atoms. The van der Waals surface area contributed by atoms with E-state index in [-0.39, 0.29) is 5.91 Å². The van der Waals surface area contributed by atoms with Gasteiger partial charge in [0.25, 0.3) is 5.91 Å². The average Bonchev–Trinajstić information content (AvgIpc) is 2.46. The summed E-state index contributed by atoms with van der Waals surface area (Å²) in [6.45, 7) is 4.97. The molecule has 2 aromatic carbocycles. The van der Waals surface area contributed by atoms with Gasteiger partial charge in [0, 0.05) is 23.5 Å². The Bertz CT molecular complexity index is 706. The Hall–Kier alpha value is -2.29. The molecule has 0 bridgehead atoms. The molecule has 108 valence electrons. The minimum absolute atomic E-state index is 0.0354. The molecule has 0 atom stereocenters. The Morgan fingerprint density at radius 2 is 2.00 bits per heavy atom. The third kappa shape index (κ3) is 2.51. The Labute approximate surface area is 125 Å². The van der Waals surface area contributed by atoms with Crippen LogP contribution in [0.3, 0.4) is 0 Å². The van der Waals surface area contributed by atoms with Crippen molar-refractivity contribution in [2.45, 2.75) is 26.7 Å². The lowest BCUT2D eigenvalue weighted by molar-refractivity contribution is 0.0985. The Kier molecular flexibility index (Phi) is 3.42. The second-order valence-corrected chi connectivity index (χ2v) is 5.77. The van der Waals surface area contributed by atoms with Crippen LogP contribution >= 0.6 is 0 Å². The lowest BCUT2D eigenvalue weighted by Crippen LogP contribution is -2.35. The minimum Gasteiger partial charge on any atom is -0.399 e. The van der Waals surface area contributed by atoms with E-state index in [4.69, 9.17) is 5.73 Å². The first-order chi connectivity index (χ1) is 10.1. The molecule has 0 saturated carbocycles. The molecule has 3 nitrogen and oxygen atoms in total. The standard InChI is InChI=1S/C18H20N2O/c1-12-9-13(2)16-7-4-8-20(17(16)10-12)18(21)14-5-3-6-15(19)11-14/h3,5-6,9-11H,4,7-8,19H2,1-2H3. The predicted molar refractivity (Wildman–Crippen MR) is 86.8 cm³/mol. The van der Waals surface area contributed by atoms with Gasteiger partial charge < -0.3 is 10.6 Å². The van der Waals surface area contributed by atoms with E-state index in [2.05, 4.69) is 26.0 Å². The summed E-state index contributed by atoms with van der Waals surface area (Å²) in [6.07, 6.45) is 2.05. The van der Waals surface area contributed by atoms with E-state index in [9.17, 15) is 4.79 Å². The van der Waals surface area contributed by atoms with E-state index >= 15 is 0 Å². The number of rotatable bonds is 1. The number of fused-ring (bicyclic) bond motifs is 1. The average molecular weight is 280 g/mol. The second kappa shape index (κ2) is 5.24. The minimum atomic E-state index is 0.0354.